The van der Waals surface area contributed by atoms with E-state index in [0.717, 1.165) is 28.8 Å². The fraction of sp³-hybridized carbons (Fsp3) is 0.250. The highest BCUT2D eigenvalue weighted by atomic mass is 16.4. The lowest BCUT2D eigenvalue weighted by Crippen LogP contribution is -1.93. The summed E-state index contributed by atoms with van der Waals surface area (Å²) in [5, 5.41) is 1.20. The third kappa shape index (κ3) is 2.12. The number of aromatic amines is 1. The number of para-hydroxylation sites is 1. The number of hydrogen-bond acceptors (Lipinski definition) is 2. The maximum Gasteiger partial charge on any atom is 0.191 e. The molecule has 0 unspecified atom stereocenters. The van der Waals surface area contributed by atoms with Crippen molar-refractivity contribution >= 4 is 16.8 Å². The lowest BCUT2D eigenvalue weighted by atomic mass is 10.0. The van der Waals surface area contributed by atoms with Gasteiger partial charge in [-0.05, 0) is 12.0 Å². The zero-order valence-corrected chi connectivity index (χ0v) is 11.2. The van der Waals surface area contributed by atoms with Gasteiger partial charge in [0.25, 0.3) is 0 Å². The van der Waals surface area contributed by atoms with Crippen molar-refractivity contribution in [3.8, 4) is 11.1 Å². The smallest absolute Gasteiger partial charge is 0.191 e. The van der Waals surface area contributed by atoms with Crippen LogP contribution in [-0.2, 0) is 6.42 Å². The first kappa shape index (κ1) is 11.9. The highest BCUT2D eigenvalue weighted by Crippen LogP contribution is 2.35. The number of furan rings is 1. The molecule has 98 valence electrons. The van der Waals surface area contributed by atoms with Gasteiger partial charge in [0.2, 0.25) is 0 Å². The number of nitrogens with one attached hydrogen (secondary N) is 1. The molecule has 0 amide bonds. The van der Waals surface area contributed by atoms with Crippen LogP contribution in [0.2, 0.25) is 0 Å². The fourth-order valence-corrected chi connectivity index (χ4v) is 2.49. The van der Waals surface area contributed by atoms with Crippen molar-refractivity contribution in [2.45, 2.75) is 20.3 Å². The van der Waals surface area contributed by atoms with Gasteiger partial charge in [0.05, 0.1) is 0 Å². The Hall–Kier alpha value is -2.16. The summed E-state index contributed by atoms with van der Waals surface area (Å²) in [4.78, 5) is 3.29. The second kappa shape index (κ2) is 4.50. The molecular weight excluding hydrogens is 236 g/mol. The molecule has 0 saturated carbocycles. The molecule has 0 spiro atoms. The number of benzene rings is 1. The van der Waals surface area contributed by atoms with Crippen LogP contribution in [0, 0.1) is 5.92 Å². The molecule has 0 aliphatic carbocycles. The van der Waals surface area contributed by atoms with E-state index in [-0.39, 0.29) is 0 Å². The summed E-state index contributed by atoms with van der Waals surface area (Å²) < 4.78 is 5.66. The molecule has 0 aliphatic heterocycles. The molecule has 3 heteroatoms. The average molecular weight is 254 g/mol. The number of H-pyrrole nitrogens is 1. The molecule has 3 rings (SSSR count). The monoisotopic (exact) mass is 254 g/mol. The van der Waals surface area contributed by atoms with Gasteiger partial charge in [-0.1, -0.05) is 32.0 Å². The van der Waals surface area contributed by atoms with Gasteiger partial charge in [-0.2, -0.15) is 0 Å². The summed E-state index contributed by atoms with van der Waals surface area (Å²) in [6.45, 7) is 4.36. The third-order valence-corrected chi connectivity index (χ3v) is 3.30. The molecule has 0 radical (unpaired) electrons. The van der Waals surface area contributed by atoms with Crippen LogP contribution in [0.4, 0.5) is 5.88 Å². The van der Waals surface area contributed by atoms with Crippen LogP contribution in [0.15, 0.2) is 40.9 Å². The van der Waals surface area contributed by atoms with E-state index in [1.165, 1.54) is 5.39 Å². The van der Waals surface area contributed by atoms with Gasteiger partial charge >= 0.3 is 0 Å². The van der Waals surface area contributed by atoms with Gasteiger partial charge in [-0.3, -0.25) is 0 Å². The topological polar surface area (TPSA) is 54.9 Å². The zero-order valence-electron chi connectivity index (χ0n) is 11.2. The van der Waals surface area contributed by atoms with Gasteiger partial charge in [0.1, 0.15) is 5.76 Å². The van der Waals surface area contributed by atoms with Crippen molar-refractivity contribution in [3.05, 3.63) is 42.3 Å². The number of rotatable bonds is 3. The maximum atomic E-state index is 5.83. The Kier molecular flexibility index (Phi) is 2.82. The Bertz CT molecular complexity index is 706. The van der Waals surface area contributed by atoms with Crippen molar-refractivity contribution in [1.82, 2.24) is 4.98 Å². The third-order valence-electron chi connectivity index (χ3n) is 3.30. The van der Waals surface area contributed by atoms with E-state index in [2.05, 4.69) is 31.0 Å². The van der Waals surface area contributed by atoms with Gasteiger partial charge in [0.15, 0.2) is 5.88 Å². The quantitative estimate of drug-likeness (QED) is 0.735. The van der Waals surface area contributed by atoms with Crippen LogP contribution in [0.25, 0.3) is 22.0 Å². The number of hydrogen-bond donors (Lipinski definition) is 2. The summed E-state index contributed by atoms with van der Waals surface area (Å²) in [6.07, 6.45) is 2.92. The second-order valence-electron chi connectivity index (χ2n) is 5.33. The average Bonchev–Trinajstić information content (AvgIpc) is 2.92. The van der Waals surface area contributed by atoms with Crippen molar-refractivity contribution in [3.63, 3.8) is 0 Å². The molecule has 3 N–H and O–H groups in total. The first-order valence-electron chi connectivity index (χ1n) is 6.60. The molecule has 0 fully saturated rings. The summed E-state index contributed by atoms with van der Waals surface area (Å²) in [6, 6.07) is 10.2. The van der Waals surface area contributed by atoms with E-state index in [1.807, 2.05) is 24.4 Å². The minimum absolute atomic E-state index is 0.482. The molecule has 0 saturated heterocycles. The number of anilines is 1. The molecular formula is C16H18N2O. The largest absolute Gasteiger partial charge is 0.445 e. The van der Waals surface area contributed by atoms with E-state index >= 15 is 0 Å². The molecule has 0 bridgehead atoms. The zero-order chi connectivity index (χ0) is 13.4. The second-order valence-corrected chi connectivity index (χ2v) is 5.33. The van der Waals surface area contributed by atoms with Gasteiger partial charge < -0.3 is 15.1 Å². The SMILES string of the molecule is CC(C)Cc1oc(N)cc1-c1c[nH]c2ccccc12. The lowest BCUT2D eigenvalue weighted by molar-refractivity contribution is 0.486. The van der Waals surface area contributed by atoms with E-state index in [0.29, 0.717) is 11.8 Å². The van der Waals surface area contributed by atoms with E-state index < -0.39 is 0 Å². The maximum absolute atomic E-state index is 5.83. The van der Waals surface area contributed by atoms with E-state index in [4.69, 9.17) is 10.2 Å². The van der Waals surface area contributed by atoms with E-state index in [1.54, 1.807) is 0 Å². The van der Waals surface area contributed by atoms with Crippen LogP contribution < -0.4 is 5.73 Å². The summed E-state index contributed by atoms with van der Waals surface area (Å²) in [5.74, 6) is 1.99. The summed E-state index contributed by atoms with van der Waals surface area (Å²) in [5.41, 5.74) is 9.22. The van der Waals surface area contributed by atoms with E-state index in [9.17, 15) is 0 Å². The van der Waals surface area contributed by atoms with Crippen molar-refractivity contribution in [1.29, 1.82) is 0 Å². The molecule has 0 aliphatic rings. The first-order chi connectivity index (χ1) is 9.15. The molecule has 1 aromatic carbocycles. The molecule has 3 aromatic rings. The number of fused-ring (bicyclic) bond motifs is 1. The van der Waals surface area contributed by atoms with Crippen LogP contribution in [0.3, 0.4) is 0 Å². The Balaban J connectivity index is 2.16. The van der Waals surface area contributed by atoms with Crippen molar-refractivity contribution < 1.29 is 4.42 Å². The Morgan fingerprint density at radius 2 is 2.00 bits per heavy atom. The van der Waals surface area contributed by atoms with Crippen LogP contribution in [-0.4, -0.2) is 4.98 Å². The van der Waals surface area contributed by atoms with Gasteiger partial charge in [-0.25, -0.2) is 0 Å². The molecule has 3 nitrogen and oxygen atoms in total. The highest BCUT2D eigenvalue weighted by molar-refractivity contribution is 5.96. The van der Waals surface area contributed by atoms with Crippen LogP contribution in [0.1, 0.15) is 19.6 Å². The Morgan fingerprint density at radius 1 is 1.21 bits per heavy atom. The number of aromatic nitrogens is 1. The normalized spacial score (nSPS) is 11.5. The number of nitrogen functional groups attached to an aromatic ring is 1. The molecule has 2 aromatic heterocycles. The standard InChI is InChI=1S/C16H18N2O/c1-10(2)7-15-12(8-16(17)19-15)13-9-18-14-6-4-3-5-11(13)14/h3-6,8-10,18H,7,17H2,1-2H3. The number of nitrogens with two attached hydrogens (primary N) is 1. The Labute approximate surface area is 112 Å². The minimum Gasteiger partial charge on any atom is -0.445 e. The lowest BCUT2D eigenvalue weighted by Gasteiger charge is -2.04. The fourth-order valence-electron chi connectivity index (χ4n) is 2.49. The van der Waals surface area contributed by atoms with Crippen LogP contribution >= 0.6 is 0 Å². The molecule has 0 atom stereocenters. The Morgan fingerprint density at radius 3 is 2.79 bits per heavy atom. The van der Waals surface area contributed by atoms with Crippen LogP contribution in [0.5, 0.6) is 0 Å². The molecule has 19 heavy (non-hydrogen) atoms. The highest BCUT2D eigenvalue weighted by Gasteiger charge is 2.15. The van der Waals surface area contributed by atoms with Crippen molar-refractivity contribution in [2.24, 2.45) is 5.92 Å². The summed E-state index contributed by atoms with van der Waals surface area (Å²) in [7, 11) is 0. The molecule has 2 heterocycles. The summed E-state index contributed by atoms with van der Waals surface area (Å²) >= 11 is 0. The first-order valence-corrected chi connectivity index (χ1v) is 6.60. The van der Waals surface area contributed by atoms with Gasteiger partial charge in [0, 0.05) is 40.7 Å². The van der Waals surface area contributed by atoms with Crippen molar-refractivity contribution in [2.75, 3.05) is 5.73 Å². The van der Waals surface area contributed by atoms with Gasteiger partial charge in [-0.15, -0.1) is 0 Å². The minimum atomic E-state index is 0.482. The predicted octanol–water partition coefficient (Wildman–Crippen LogP) is 4.21. The predicted molar refractivity (Wildman–Crippen MR) is 79.0 cm³/mol.